The number of aromatic nitrogens is 6. The van der Waals surface area contributed by atoms with Gasteiger partial charge in [0.15, 0.2) is 5.82 Å². The molecule has 2 aromatic heterocycles. The summed E-state index contributed by atoms with van der Waals surface area (Å²) in [6, 6.07) is 5.30. The number of rotatable bonds is 2. The summed E-state index contributed by atoms with van der Waals surface area (Å²) in [6.45, 7) is 1.90. The zero-order chi connectivity index (χ0) is 14.3. The zero-order valence-corrected chi connectivity index (χ0v) is 11.7. The van der Waals surface area contributed by atoms with Crippen molar-refractivity contribution in [3.8, 4) is 17.1 Å². The molecule has 0 fully saturated rings. The third-order valence-electron chi connectivity index (χ3n) is 2.94. The fourth-order valence-corrected chi connectivity index (χ4v) is 2.17. The first kappa shape index (κ1) is 12.6. The van der Waals surface area contributed by atoms with Gasteiger partial charge in [0.25, 0.3) is 0 Å². The Balaban J connectivity index is 2.15. The first-order chi connectivity index (χ1) is 9.56. The summed E-state index contributed by atoms with van der Waals surface area (Å²) in [5, 5.41) is 16.6. The second-order valence-electron chi connectivity index (χ2n) is 4.42. The van der Waals surface area contributed by atoms with Crippen molar-refractivity contribution in [3.05, 3.63) is 35.1 Å². The summed E-state index contributed by atoms with van der Waals surface area (Å²) >= 11 is 6.05. The predicted octanol–water partition coefficient (Wildman–Crippen LogP) is 1.61. The number of hydrogen-bond donors (Lipinski definition) is 1. The van der Waals surface area contributed by atoms with Crippen molar-refractivity contribution in [2.24, 2.45) is 7.05 Å². The van der Waals surface area contributed by atoms with Crippen LogP contribution in [0.25, 0.3) is 17.1 Å². The third kappa shape index (κ3) is 2.01. The molecule has 0 aliphatic carbocycles. The largest absolute Gasteiger partial charge is 0.398 e. The molecule has 0 aliphatic rings. The Hall–Kier alpha value is -2.41. The minimum absolute atomic E-state index is 0.472. The van der Waals surface area contributed by atoms with Gasteiger partial charge in [0.1, 0.15) is 5.69 Å². The average molecular weight is 290 g/mol. The van der Waals surface area contributed by atoms with E-state index in [2.05, 4.69) is 20.6 Å². The van der Waals surface area contributed by atoms with Crippen molar-refractivity contribution < 1.29 is 0 Å². The lowest BCUT2D eigenvalue weighted by Crippen LogP contribution is -2.00. The van der Waals surface area contributed by atoms with Gasteiger partial charge < -0.3 is 5.73 Å². The molecule has 3 rings (SSSR count). The van der Waals surface area contributed by atoms with E-state index in [4.69, 9.17) is 17.3 Å². The molecule has 0 spiro atoms. The van der Waals surface area contributed by atoms with Gasteiger partial charge in [-0.25, -0.2) is 0 Å². The molecule has 0 saturated heterocycles. The molecule has 102 valence electrons. The van der Waals surface area contributed by atoms with E-state index in [0.29, 0.717) is 16.5 Å². The highest BCUT2D eigenvalue weighted by molar-refractivity contribution is 6.33. The van der Waals surface area contributed by atoms with Crippen LogP contribution in [0.3, 0.4) is 0 Å². The number of aryl methyl sites for hydroxylation is 2. The standard InChI is InChI=1S/C12H12ClN7/c1-7-11(6-19(2)16-7)20-12(15-17-18-20)8-3-4-10(14)9(13)5-8/h3-6H,14H2,1-2H3. The molecule has 1 aromatic carbocycles. The average Bonchev–Trinajstić information content (AvgIpc) is 2.99. The minimum Gasteiger partial charge on any atom is -0.398 e. The molecule has 0 unspecified atom stereocenters. The third-order valence-corrected chi connectivity index (χ3v) is 3.27. The smallest absolute Gasteiger partial charge is 0.187 e. The topological polar surface area (TPSA) is 87.4 Å². The Bertz CT molecular complexity index is 774. The number of nitrogens with two attached hydrogens (primary N) is 1. The van der Waals surface area contributed by atoms with Crippen molar-refractivity contribution in [1.29, 1.82) is 0 Å². The molecule has 0 atom stereocenters. The lowest BCUT2D eigenvalue weighted by molar-refractivity contribution is 0.755. The van der Waals surface area contributed by atoms with Crippen molar-refractivity contribution in [2.75, 3.05) is 5.73 Å². The van der Waals surface area contributed by atoms with Gasteiger partial charge in [-0.3, -0.25) is 4.68 Å². The van der Waals surface area contributed by atoms with Crippen LogP contribution in [0, 0.1) is 6.92 Å². The SMILES string of the molecule is Cc1nn(C)cc1-n1nnnc1-c1ccc(N)c(Cl)c1. The molecule has 8 heteroatoms. The lowest BCUT2D eigenvalue weighted by atomic mass is 10.2. The van der Waals surface area contributed by atoms with Crippen molar-refractivity contribution in [3.63, 3.8) is 0 Å². The van der Waals surface area contributed by atoms with Gasteiger partial charge in [0.05, 0.1) is 22.6 Å². The highest BCUT2D eigenvalue weighted by Crippen LogP contribution is 2.27. The van der Waals surface area contributed by atoms with E-state index in [1.165, 1.54) is 0 Å². The normalized spacial score (nSPS) is 10.9. The molecule has 7 nitrogen and oxygen atoms in total. The van der Waals surface area contributed by atoms with Crippen LogP contribution >= 0.6 is 11.6 Å². The first-order valence-electron chi connectivity index (χ1n) is 5.90. The highest BCUT2D eigenvalue weighted by atomic mass is 35.5. The molecule has 20 heavy (non-hydrogen) atoms. The Morgan fingerprint density at radius 2 is 2.10 bits per heavy atom. The van der Waals surface area contributed by atoms with Crippen LogP contribution in [0.4, 0.5) is 5.69 Å². The number of hydrogen-bond acceptors (Lipinski definition) is 5. The van der Waals surface area contributed by atoms with E-state index in [1.54, 1.807) is 21.5 Å². The second-order valence-corrected chi connectivity index (χ2v) is 4.83. The molecule has 0 amide bonds. The maximum absolute atomic E-state index is 6.05. The molecule has 0 aliphatic heterocycles. The molecular formula is C12H12ClN7. The second kappa shape index (κ2) is 4.61. The van der Waals surface area contributed by atoms with E-state index in [0.717, 1.165) is 16.9 Å². The summed E-state index contributed by atoms with van der Waals surface area (Å²) in [5.41, 5.74) is 8.68. The van der Waals surface area contributed by atoms with E-state index >= 15 is 0 Å². The van der Waals surface area contributed by atoms with Crippen LogP contribution in [-0.2, 0) is 7.05 Å². The molecular weight excluding hydrogens is 278 g/mol. The number of nitrogen functional groups attached to an aromatic ring is 1. The monoisotopic (exact) mass is 289 g/mol. The fourth-order valence-electron chi connectivity index (χ4n) is 1.99. The van der Waals surface area contributed by atoms with Crippen molar-refractivity contribution in [2.45, 2.75) is 6.92 Å². The van der Waals surface area contributed by atoms with E-state index < -0.39 is 0 Å². The van der Waals surface area contributed by atoms with Crippen molar-refractivity contribution >= 4 is 17.3 Å². The van der Waals surface area contributed by atoms with Crippen LogP contribution in [0.5, 0.6) is 0 Å². The maximum atomic E-state index is 6.05. The van der Waals surface area contributed by atoms with E-state index in [9.17, 15) is 0 Å². The lowest BCUT2D eigenvalue weighted by Gasteiger charge is -2.04. The number of tetrazole rings is 1. The molecule has 3 aromatic rings. The Morgan fingerprint density at radius 3 is 2.75 bits per heavy atom. The van der Waals surface area contributed by atoms with Gasteiger partial charge in [-0.15, -0.1) is 5.10 Å². The van der Waals surface area contributed by atoms with Crippen LogP contribution in [0.2, 0.25) is 5.02 Å². The summed E-state index contributed by atoms with van der Waals surface area (Å²) in [7, 11) is 1.85. The highest BCUT2D eigenvalue weighted by Gasteiger charge is 2.15. The molecule has 0 bridgehead atoms. The van der Waals surface area contributed by atoms with Gasteiger partial charge >= 0.3 is 0 Å². The van der Waals surface area contributed by atoms with E-state index in [-0.39, 0.29) is 0 Å². The van der Waals surface area contributed by atoms with Crippen LogP contribution < -0.4 is 5.73 Å². The summed E-state index contributed by atoms with van der Waals surface area (Å²) in [5.74, 6) is 0.586. The van der Waals surface area contributed by atoms with Gasteiger partial charge in [-0.2, -0.15) is 9.78 Å². The predicted molar refractivity (Wildman–Crippen MR) is 75.5 cm³/mol. The Morgan fingerprint density at radius 1 is 1.30 bits per heavy atom. The van der Waals surface area contributed by atoms with Gasteiger partial charge in [0, 0.05) is 12.6 Å². The van der Waals surface area contributed by atoms with Crippen LogP contribution in [0.15, 0.2) is 24.4 Å². The zero-order valence-electron chi connectivity index (χ0n) is 10.9. The van der Waals surface area contributed by atoms with Gasteiger partial charge in [-0.1, -0.05) is 11.6 Å². The van der Waals surface area contributed by atoms with Crippen LogP contribution in [0.1, 0.15) is 5.69 Å². The Kier molecular flexibility index (Phi) is 2.90. The Labute approximate surface area is 120 Å². The number of nitrogens with zero attached hydrogens (tertiary/aromatic N) is 6. The first-order valence-corrected chi connectivity index (χ1v) is 6.28. The number of benzene rings is 1. The summed E-state index contributed by atoms with van der Waals surface area (Å²) in [4.78, 5) is 0. The fraction of sp³-hybridized carbons (Fsp3) is 0.167. The summed E-state index contributed by atoms with van der Waals surface area (Å²) in [6.07, 6.45) is 1.86. The molecule has 2 heterocycles. The van der Waals surface area contributed by atoms with Gasteiger partial charge in [-0.05, 0) is 35.5 Å². The number of anilines is 1. The van der Waals surface area contributed by atoms with Gasteiger partial charge in [0.2, 0.25) is 0 Å². The quantitative estimate of drug-likeness (QED) is 0.724. The molecule has 2 N–H and O–H groups in total. The van der Waals surface area contributed by atoms with E-state index in [1.807, 2.05) is 26.2 Å². The molecule has 0 saturated carbocycles. The van der Waals surface area contributed by atoms with Crippen LogP contribution in [-0.4, -0.2) is 30.0 Å². The summed E-state index contributed by atoms with van der Waals surface area (Å²) < 4.78 is 3.34. The minimum atomic E-state index is 0.472. The molecule has 0 radical (unpaired) electrons. The number of halogens is 1. The van der Waals surface area contributed by atoms with Crippen molar-refractivity contribution in [1.82, 2.24) is 30.0 Å². The maximum Gasteiger partial charge on any atom is 0.187 e.